The van der Waals surface area contributed by atoms with Crippen molar-refractivity contribution in [1.82, 2.24) is 0 Å². The fourth-order valence-corrected chi connectivity index (χ4v) is 2.56. The van der Waals surface area contributed by atoms with Gasteiger partial charge in [-0.15, -0.1) is 0 Å². The van der Waals surface area contributed by atoms with Gasteiger partial charge in [-0.2, -0.15) is 0 Å². The Morgan fingerprint density at radius 1 is 1.05 bits per heavy atom. The number of hydrogen-bond donors (Lipinski definition) is 1. The Morgan fingerprint density at radius 3 is 2.67 bits per heavy atom. The zero-order chi connectivity index (χ0) is 14.7. The molecular formula is C16H15BrClNO2. The summed E-state index contributed by atoms with van der Waals surface area (Å²) in [6.45, 7) is 2.11. The maximum absolute atomic E-state index is 6.09. The van der Waals surface area contributed by atoms with Crippen LogP contribution in [0.5, 0.6) is 11.5 Å². The second-order valence-corrected chi connectivity index (χ2v) is 6.08. The smallest absolute Gasteiger partial charge is 0.161 e. The van der Waals surface area contributed by atoms with Gasteiger partial charge in [-0.1, -0.05) is 17.7 Å². The molecule has 0 saturated carbocycles. The molecule has 1 heterocycles. The van der Waals surface area contributed by atoms with Crippen LogP contribution in [0.15, 0.2) is 40.9 Å². The average Bonchev–Trinajstić information content (AvgIpc) is 2.73. The Balaban J connectivity index is 1.70. The minimum Gasteiger partial charge on any atom is -0.490 e. The quantitative estimate of drug-likeness (QED) is 0.838. The molecule has 0 amide bonds. The van der Waals surface area contributed by atoms with Gasteiger partial charge < -0.3 is 14.8 Å². The number of ether oxygens (including phenoxy) is 2. The lowest BCUT2D eigenvalue weighted by Gasteiger charge is -2.11. The molecule has 5 heteroatoms. The summed E-state index contributed by atoms with van der Waals surface area (Å²) in [7, 11) is 0. The summed E-state index contributed by atoms with van der Waals surface area (Å²) in [5.74, 6) is 1.64. The number of anilines is 1. The second-order valence-electron chi connectivity index (χ2n) is 4.81. The molecule has 0 spiro atoms. The molecule has 21 heavy (non-hydrogen) atoms. The lowest BCUT2D eigenvalue weighted by atomic mass is 10.2. The molecule has 0 atom stereocenters. The number of hydrogen-bond acceptors (Lipinski definition) is 3. The van der Waals surface area contributed by atoms with Crippen molar-refractivity contribution in [3.8, 4) is 11.5 Å². The molecule has 0 aliphatic carbocycles. The van der Waals surface area contributed by atoms with Crippen LogP contribution in [0.1, 0.15) is 12.0 Å². The molecule has 3 rings (SSSR count). The van der Waals surface area contributed by atoms with Crippen LogP contribution in [0.25, 0.3) is 0 Å². The molecule has 110 valence electrons. The Bertz CT molecular complexity index is 648. The maximum atomic E-state index is 6.09. The summed E-state index contributed by atoms with van der Waals surface area (Å²) < 4.78 is 12.2. The summed E-state index contributed by atoms with van der Waals surface area (Å²) in [5.41, 5.74) is 2.12. The molecule has 1 aliphatic rings. The molecule has 2 aromatic rings. The Morgan fingerprint density at radius 2 is 1.86 bits per heavy atom. The third-order valence-electron chi connectivity index (χ3n) is 3.23. The van der Waals surface area contributed by atoms with Crippen LogP contribution < -0.4 is 14.8 Å². The van der Waals surface area contributed by atoms with Crippen LogP contribution >= 0.6 is 27.5 Å². The van der Waals surface area contributed by atoms with E-state index in [1.54, 1.807) is 0 Å². The van der Waals surface area contributed by atoms with Crippen molar-refractivity contribution in [2.75, 3.05) is 18.5 Å². The lowest BCUT2D eigenvalue weighted by molar-refractivity contribution is 0.297. The zero-order valence-corrected chi connectivity index (χ0v) is 13.7. The van der Waals surface area contributed by atoms with Crippen molar-refractivity contribution in [2.45, 2.75) is 13.0 Å². The molecule has 3 nitrogen and oxygen atoms in total. The standard InChI is InChI=1S/C16H15BrClNO2/c17-13-4-3-12(9-14(13)18)19-10-11-2-5-15-16(8-11)21-7-1-6-20-15/h2-5,8-9,19H,1,6-7,10H2. The highest BCUT2D eigenvalue weighted by Crippen LogP contribution is 2.31. The van der Waals surface area contributed by atoms with Gasteiger partial charge in [0.05, 0.1) is 18.2 Å². The van der Waals surface area contributed by atoms with Crippen LogP contribution in [0, 0.1) is 0 Å². The van der Waals surface area contributed by atoms with E-state index in [2.05, 4.69) is 21.2 Å². The summed E-state index contributed by atoms with van der Waals surface area (Å²) in [5, 5.41) is 4.04. The largest absolute Gasteiger partial charge is 0.490 e. The monoisotopic (exact) mass is 367 g/mol. The van der Waals surface area contributed by atoms with E-state index in [1.165, 1.54) is 0 Å². The van der Waals surface area contributed by atoms with Gasteiger partial charge in [0.2, 0.25) is 0 Å². The van der Waals surface area contributed by atoms with Crippen molar-refractivity contribution in [3.63, 3.8) is 0 Å². The molecule has 0 fully saturated rings. The first-order valence-electron chi connectivity index (χ1n) is 6.80. The van der Waals surface area contributed by atoms with Gasteiger partial charge in [0.15, 0.2) is 11.5 Å². The van der Waals surface area contributed by atoms with Crippen LogP contribution in [0.3, 0.4) is 0 Å². The highest BCUT2D eigenvalue weighted by molar-refractivity contribution is 9.10. The molecule has 1 N–H and O–H groups in total. The van der Waals surface area contributed by atoms with Gasteiger partial charge in [-0.25, -0.2) is 0 Å². The topological polar surface area (TPSA) is 30.5 Å². The number of benzene rings is 2. The molecule has 0 aromatic heterocycles. The molecular weight excluding hydrogens is 354 g/mol. The minimum atomic E-state index is 0.693. The zero-order valence-electron chi connectivity index (χ0n) is 11.4. The Kier molecular flexibility index (Phi) is 4.56. The van der Waals surface area contributed by atoms with Gasteiger partial charge >= 0.3 is 0 Å². The third-order valence-corrected chi connectivity index (χ3v) is 4.46. The van der Waals surface area contributed by atoms with Gasteiger partial charge in [-0.3, -0.25) is 0 Å². The average molecular weight is 369 g/mol. The molecule has 1 aliphatic heterocycles. The molecule has 0 radical (unpaired) electrons. The van der Waals surface area contributed by atoms with Crippen LogP contribution in [0.4, 0.5) is 5.69 Å². The van der Waals surface area contributed by atoms with E-state index in [0.717, 1.165) is 33.6 Å². The van der Waals surface area contributed by atoms with Gasteiger partial charge in [-0.05, 0) is 51.8 Å². The maximum Gasteiger partial charge on any atom is 0.161 e. The van der Waals surface area contributed by atoms with Crippen molar-refractivity contribution in [1.29, 1.82) is 0 Å². The first-order chi connectivity index (χ1) is 10.2. The van der Waals surface area contributed by atoms with E-state index in [4.69, 9.17) is 21.1 Å². The summed E-state index contributed by atoms with van der Waals surface area (Å²) in [6, 6.07) is 11.8. The highest BCUT2D eigenvalue weighted by Gasteiger charge is 2.10. The Labute approximate surface area is 137 Å². The second kappa shape index (κ2) is 6.58. The van der Waals surface area contributed by atoms with Gasteiger partial charge in [0, 0.05) is 23.1 Å². The summed E-state index contributed by atoms with van der Waals surface area (Å²) in [6.07, 6.45) is 0.916. The summed E-state index contributed by atoms with van der Waals surface area (Å²) in [4.78, 5) is 0. The number of rotatable bonds is 3. The van der Waals surface area contributed by atoms with Crippen LogP contribution in [-0.2, 0) is 6.54 Å². The molecule has 0 unspecified atom stereocenters. The van der Waals surface area contributed by atoms with Crippen LogP contribution in [0.2, 0.25) is 5.02 Å². The van der Waals surface area contributed by atoms with E-state index < -0.39 is 0 Å². The van der Waals surface area contributed by atoms with Crippen LogP contribution in [-0.4, -0.2) is 13.2 Å². The van der Waals surface area contributed by atoms with E-state index in [9.17, 15) is 0 Å². The third kappa shape index (κ3) is 3.63. The van der Waals surface area contributed by atoms with Gasteiger partial charge in [0.1, 0.15) is 0 Å². The van der Waals surface area contributed by atoms with Crippen molar-refractivity contribution in [2.24, 2.45) is 0 Å². The van der Waals surface area contributed by atoms with Gasteiger partial charge in [0.25, 0.3) is 0 Å². The van der Waals surface area contributed by atoms with Crippen molar-refractivity contribution < 1.29 is 9.47 Å². The SMILES string of the molecule is Clc1cc(NCc2ccc3c(c2)OCCCO3)ccc1Br. The van der Waals surface area contributed by atoms with Crippen molar-refractivity contribution in [3.05, 3.63) is 51.5 Å². The molecule has 0 bridgehead atoms. The predicted octanol–water partition coefficient (Wildman–Crippen LogP) is 4.88. The number of halogens is 2. The number of fused-ring (bicyclic) bond motifs is 1. The fourth-order valence-electron chi connectivity index (χ4n) is 2.13. The molecule has 2 aromatic carbocycles. The predicted molar refractivity (Wildman–Crippen MR) is 88.5 cm³/mol. The van der Waals surface area contributed by atoms with E-state index in [-0.39, 0.29) is 0 Å². The molecule has 0 saturated heterocycles. The Hall–Kier alpha value is -1.39. The van der Waals surface area contributed by atoms with E-state index >= 15 is 0 Å². The fraction of sp³-hybridized carbons (Fsp3) is 0.250. The van der Waals surface area contributed by atoms with Crippen molar-refractivity contribution >= 4 is 33.2 Å². The van der Waals surface area contributed by atoms with E-state index in [0.29, 0.717) is 24.8 Å². The minimum absolute atomic E-state index is 0.693. The first-order valence-corrected chi connectivity index (χ1v) is 7.97. The normalized spacial score (nSPS) is 13.6. The summed E-state index contributed by atoms with van der Waals surface area (Å²) >= 11 is 9.47. The number of nitrogens with one attached hydrogen (secondary N) is 1. The lowest BCUT2D eigenvalue weighted by Crippen LogP contribution is -2.00. The highest BCUT2D eigenvalue weighted by atomic mass is 79.9. The first kappa shape index (κ1) is 14.5. The van der Waals surface area contributed by atoms with E-state index in [1.807, 2.05) is 36.4 Å².